The molecule has 1 unspecified atom stereocenters. The molecule has 1 saturated heterocycles. The number of nitrogens with one attached hydrogen (secondary N) is 1. The molecule has 0 spiro atoms. The van der Waals surface area contributed by atoms with Crippen molar-refractivity contribution in [3.05, 3.63) is 65.2 Å². The van der Waals surface area contributed by atoms with Gasteiger partial charge in [-0.1, -0.05) is 43.3 Å². The Kier molecular flexibility index (Phi) is 8.55. The molecular formula is C25H33N3O. The Morgan fingerprint density at radius 1 is 1.14 bits per heavy atom. The first-order valence-electron chi connectivity index (χ1n) is 10.8. The smallest absolute Gasteiger partial charge is 0.119 e. The molecule has 154 valence electrons. The van der Waals surface area contributed by atoms with Crippen LogP contribution in [0, 0.1) is 17.2 Å². The van der Waals surface area contributed by atoms with Crippen molar-refractivity contribution in [3.63, 3.8) is 0 Å². The largest absolute Gasteiger partial charge is 0.494 e. The maximum absolute atomic E-state index is 8.61. The highest BCUT2D eigenvalue weighted by Gasteiger charge is 2.17. The third-order valence-electron chi connectivity index (χ3n) is 5.50. The first kappa shape index (κ1) is 21.4. The van der Waals surface area contributed by atoms with E-state index in [2.05, 4.69) is 59.6 Å². The number of hydrogen-bond donors (Lipinski definition) is 1. The van der Waals surface area contributed by atoms with E-state index in [1.807, 2.05) is 12.1 Å². The second-order valence-corrected chi connectivity index (χ2v) is 8.11. The Labute approximate surface area is 175 Å². The van der Waals surface area contributed by atoms with Crippen molar-refractivity contribution >= 4 is 0 Å². The molecule has 2 aromatic carbocycles. The van der Waals surface area contributed by atoms with Crippen molar-refractivity contribution in [1.29, 1.82) is 5.26 Å². The molecule has 0 radical (unpaired) electrons. The van der Waals surface area contributed by atoms with Crippen molar-refractivity contribution in [1.82, 2.24) is 10.2 Å². The predicted molar refractivity (Wildman–Crippen MR) is 117 cm³/mol. The summed E-state index contributed by atoms with van der Waals surface area (Å²) in [5.41, 5.74) is 4.03. The normalized spacial score (nSPS) is 17.0. The van der Waals surface area contributed by atoms with Gasteiger partial charge in [-0.05, 0) is 60.5 Å². The van der Waals surface area contributed by atoms with Gasteiger partial charge in [0, 0.05) is 32.6 Å². The summed E-state index contributed by atoms with van der Waals surface area (Å²) in [4.78, 5) is 2.60. The molecule has 0 amide bonds. The third kappa shape index (κ3) is 7.20. The first-order valence-corrected chi connectivity index (χ1v) is 10.8. The fourth-order valence-electron chi connectivity index (χ4n) is 3.98. The maximum Gasteiger partial charge on any atom is 0.119 e. The quantitative estimate of drug-likeness (QED) is 0.586. The summed E-state index contributed by atoms with van der Waals surface area (Å²) >= 11 is 0. The van der Waals surface area contributed by atoms with E-state index in [1.165, 1.54) is 42.6 Å². The van der Waals surface area contributed by atoms with Gasteiger partial charge in [-0.15, -0.1) is 0 Å². The average molecular weight is 392 g/mol. The summed E-state index contributed by atoms with van der Waals surface area (Å²) < 4.78 is 5.74. The van der Waals surface area contributed by atoms with Crippen LogP contribution in [0.5, 0.6) is 5.75 Å². The van der Waals surface area contributed by atoms with Crippen molar-refractivity contribution in [2.75, 3.05) is 19.7 Å². The fraction of sp³-hybridized carbons (Fsp3) is 0.480. The van der Waals surface area contributed by atoms with Gasteiger partial charge in [0.25, 0.3) is 0 Å². The van der Waals surface area contributed by atoms with Gasteiger partial charge < -0.3 is 10.1 Å². The van der Waals surface area contributed by atoms with Crippen LogP contribution >= 0.6 is 0 Å². The highest BCUT2D eigenvalue weighted by Crippen LogP contribution is 2.20. The summed E-state index contributed by atoms with van der Waals surface area (Å²) in [6.45, 7) is 8.11. The molecule has 1 N–H and O–H groups in total. The number of benzene rings is 2. The monoisotopic (exact) mass is 391 g/mol. The number of nitriles is 1. The molecule has 4 nitrogen and oxygen atoms in total. The molecule has 0 aromatic heterocycles. The molecule has 1 fully saturated rings. The van der Waals surface area contributed by atoms with E-state index in [1.54, 1.807) is 0 Å². The highest BCUT2D eigenvalue weighted by molar-refractivity contribution is 5.29. The van der Waals surface area contributed by atoms with Gasteiger partial charge in [0.1, 0.15) is 5.75 Å². The fourth-order valence-corrected chi connectivity index (χ4v) is 3.98. The van der Waals surface area contributed by atoms with Crippen molar-refractivity contribution in [2.45, 2.75) is 52.2 Å². The molecule has 0 bridgehead atoms. The van der Waals surface area contributed by atoms with E-state index in [4.69, 9.17) is 10.00 Å². The van der Waals surface area contributed by atoms with Crippen LogP contribution in [0.2, 0.25) is 0 Å². The number of hydrogen-bond acceptors (Lipinski definition) is 4. The van der Waals surface area contributed by atoms with Gasteiger partial charge in [0.05, 0.1) is 12.7 Å². The lowest BCUT2D eigenvalue weighted by atomic mass is 9.99. The standard InChI is InChI=1S/C25H33N3O/c1-21-8-7-14-28(19-21)20-24-11-3-2-10-23(24)18-27-17-22-9-6-12-25(16-22)29-15-5-4-13-26/h2-3,6,9-12,16,21,27H,4-5,7-8,14-15,17-20H2,1H3. The number of unbranched alkanes of at least 4 members (excludes halogenated alkanes) is 1. The minimum Gasteiger partial charge on any atom is -0.494 e. The molecule has 29 heavy (non-hydrogen) atoms. The van der Waals surface area contributed by atoms with E-state index in [9.17, 15) is 0 Å². The Bertz CT molecular complexity index is 799. The summed E-state index contributed by atoms with van der Waals surface area (Å²) in [6.07, 6.45) is 3.99. The maximum atomic E-state index is 8.61. The molecule has 2 aromatic rings. The summed E-state index contributed by atoms with van der Waals surface area (Å²) in [5, 5.41) is 12.2. The van der Waals surface area contributed by atoms with E-state index in [0.717, 1.165) is 37.7 Å². The van der Waals surface area contributed by atoms with Gasteiger partial charge >= 0.3 is 0 Å². The number of rotatable bonds is 10. The molecule has 1 atom stereocenters. The van der Waals surface area contributed by atoms with Gasteiger partial charge in [0.15, 0.2) is 0 Å². The molecule has 3 rings (SSSR count). The number of ether oxygens (including phenoxy) is 1. The lowest BCUT2D eigenvalue weighted by Crippen LogP contribution is -2.34. The number of piperidine rings is 1. The summed E-state index contributed by atoms with van der Waals surface area (Å²) in [7, 11) is 0. The minimum atomic E-state index is 0.539. The van der Waals surface area contributed by atoms with E-state index < -0.39 is 0 Å². The number of nitrogens with zero attached hydrogens (tertiary/aromatic N) is 2. The Morgan fingerprint density at radius 2 is 2.00 bits per heavy atom. The van der Waals surface area contributed by atoms with E-state index >= 15 is 0 Å². The molecule has 0 saturated carbocycles. The second-order valence-electron chi connectivity index (χ2n) is 8.11. The topological polar surface area (TPSA) is 48.3 Å². The van der Waals surface area contributed by atoms with E-state index in [-0.39, 0.29) is 0 Å². The van der Waals surface area contributed by atoms with Crippen LogP contribution in [0.15, 0.2) is 48.5 Å². The molecule has 1 heterocycles. The number of likely N-dealkylation sites (tertiary alicyclic amines) is 1. The Hall–Kier alpha value is -2.35. The highest BCUT2D eigenvalue weighted by atomic mass is 16.5. The lowest BCUT2D eigenvalue weighted by molar-refractivity contribution is 0.176. The Balaban J connectivity index is 1.50. The van der Waals surface area contributed by atoms with Crippen LogP contribution in [-0.4, -0.2) is 24.6 Å². The zero-order valence-corrected chi connectivity index (χ0v) is 17.6. The van der Waals surface area contributed by atoms with Crippen molar-refractivity contribution in [2.24, 2.45) is 5.92 Å². The molecule has 1 aliphatic heterocycles. The van der Waals surface area contributed by atoms with Gasteiger partial charge in [0.2, 0.25) is 0 Å². The second kappa shape index (κ2) is 11.6. The SMILES string of the molecule is CC1CCCN(Cc2ccccc2CNCc2cccc(OCCCC#N)c2)C1. The van der Waals surface area contributed by atoms with Crippen LogP contribution in [0.4, 0.5) is 0 Å². The minimum absolute atomic E-state index is 0.539. The van der Waals surface area contributed by atoms with Crippen LogP contribution in [0.1, 0.15) is 49.3 Å². The molecule has 0 aliphatic carbocycles. The van der Waals surface area contributed by atoms with Crippen LogP contribution in [0.3, 0.4) is 0 Å². The zero-order chi connectivity index (χ0) is 20.3. The zero-order valence-electron chi connectivity index (χ0n) is 17.6. The van der Waals surface area contributed by atoms with Gasteiger partial charge in [-0.2, -0.15) is 5.26 Å². The van der Waals surface area contributed by atoms with Crippen LogP contribution < -0.4 is 10.1 Å². The van der Waals surface area contributed by atoms with Crippen LogP contribution in [0.25, 0.3) is 0 Å². The Morgan fingerprint density at radius 3 is 2.83 bits per heavy atom. The van der Waals surface area contributed by atoms with Crippen molar-refractivity contribution in [3.8, 4) is 11.8 Å². The van der Waals surface area contributed by atoms with Gasteiger partial charge in [-0.3, -0.25) is 4.90 Å². The summed E-state index contributed by atoms with van der Waals surface area (Å²) in [5.74, 6) is 1.69. The van der Waals surface area contributed by atoms with E-state index in [0.29, 0.717) is 13.0 Å². The van der Waals surface area contributed by atoms with Crippen molar-refractivity contribution < 1.29 is 4.74 Å². The molecular weight excluding hydrogens is 358 g/mol. The summed E-state index contributed by atoms with van der Waals surface area (Å²) in [6, 6.07) is 19.2. The lowest BCUT2D eigenvalue weighted by Gasteiger charge is -2.31. The molecule has 1 aliphatic rings. The first-order chi connectivity index (χ1) is 14.2. The third-order valence-corrected chi connectivity index (χ3v) is 5.50. The van der Waals surface area contributed by atoms with Gasteiger partial charge in [-0.25, -0.2) is 0 Å². The van der Waals surface area contributed by atoms with Crippen LogP contribution in [-0.2, 0) is 19.6 Å². The predicted octanol–water partition coefficient (Wildman–Crippen LogP) is 4.89. The average Bonchev–Trinajstić information content (AvgIpc) is 2.73. The molecule has 4 heteroatoms.